The molecule has 1 N–H and O–H groups in total. The molecule has 3 nitrogen and oxygen atoms in total. The van der Waals surface area contributed by atoms with E-state index < -0.39 is 9.84 Å². The summed E-state index contributed by atoms with van der Waals surface area (Å²) in [5.74, 6) is 2.54. The number of sulfone groups is 1. The number of fused-ring (bicyclic) bond motifs is 2. The lowest BCUT2D eigenvalue weighted by Gasteiger charge is -2.18. The van der Waals surface area contributed by atoms with Gasteiger partial charge in [-0.1, -0.05) is 12.2 Å². The second kappa shape index (κ2) is 4.26. The van der Waals surface area contributed by atoms with Crippen LogP contribution in [0.4, 0.5) is 0 Å². The Morgan fingerprint density at radius 2 is 2.13 bits per heavy atom. The van der Waals surface area contributed by atoms with Gasteiger partial charge >= 0.3 is 0 Å². The van der Waals surface area contributed by atoms with Crippen molar-refractivity contribution in [1.82, 2.24) is 5.32 Å². The zero-order valence-corrected chi connectivity index (χ0v) is 9.96. The Morgan fingerprint density at radius 3 is 2.67 bits per heavy atom. The number of allylic oxidation sites excluding steroid dienone is 2. The van der Waals surface area contributed by atoms with Gasteiger partial charge in [0.1, 0.15) is 9.84 Å². The Bertz CT molecular complexity index is 348. The van der Waals surface area contributed by atoms with Gasteiger partial charge in [0.05, 0.1) is 5.75 Å². The van der Waals surface area contributed by atoms with Crippen LogP contribution in [0.15, 0.2) is 12.2 Å². The molecular formula is C11H19NO2S. The Labute approximate surface area is 91.9 Å². The fourth-order valence-electron chi connectivity index (χ4n) is 2.67. The molecule has 15 heavy (non-hydrogen) atoms. The molecule has 0 aliphatic heterocycles. The maximum atomic E-state index is 10.9. The lowest BCUT2D eigenvalue weighted by Crippen LogP contribution is -2.29. The summed E-state index contributed by atoms with van der Waals surface area (Å²) in [6, 6.07) is 0. The molecule has 3 atom stereocenters. The Morgan fingerprint density at radius 1 is 1.33 bits per heavy atom. The number of hydrogen-bond acceptors (Lipinski definition) is 3. The van der Waals surface area contributed by atoms with E-state index in [1.165, 1.54) is 19.1 Å². The standard InChI is InChI=1S/C11H19NO2S/c1-15(13,14)5-4-12-8-11-7-9-2-3-10(11)6-9/h2-3,9-12H,4-8H2,1H3. The average molecular weight is 229 g/mol. The molecule has 2 rings (SSSR count). The number of hydrogen-bond donors (Lipinski definition) is 1. The third kappa shape index (κ3) is 3.05. The van der Waals surface area contributed by atoms with Crippen LogP contribution in [0.3, 0.4) is 0 Å². The SMILES string of the molecule is CS(=O)(=O)CCNCC1CC2C=CC1C2. The Balaban J connectivity index is 1.65. The third-order valence-electron chi connectivity index (χ3n) is 3.47. The van der Waals surface area contributed by atoms with Crippen LogP contribution in [0.5, 0.6) is 0 Å². The first kappa shape index (κ1) is 11.1. The minimum absolute atomic E-state index is 0.254. The molecule has 86 valence electrons. The predicted octanol–water partition coefficient (Wildman–Crippen LogP) is 0.833. The lowest BCUT2D eigenvalue weighted by atomic mass is 9.94. The van der Waals surface area contributed by atoms with Crippen molar-refractivity contribution in [3.05, 3.63) is 12.2 Å². The van der Waals surface area contributed by atoms with Crippen molar-refractivity contribution in [3.63, 3.8) is 0 Å². The normalized spacial score (nSPS) is 33.8. The van der Waals surface area contributed by atoms with Crippen molar-refractivity contribution < 1.29 is 8.42 Å². The Hall–Kier alpha value is -0.350. The molecule has 0 amide bonds. The maximum Gasteiger partial charge on any atom is 0.148 e. The van der Waals surface area contributed by atoms with Crippen LogP contribution in [-0.4, -0.2) is 33.5 Å². The highest BCUT2D eigenvalue weighted by Crippen LogP contribution is 2.42. The summed E-state index contributed by atoms with van der Waals surface area (Å²) in [7, 11) is -2.81. The van der Waals surface area contributed by atoms with E-state index in [-0.39, 0.29) is 5.75 Å². The van der Waals surface area contributed by atoms with Crippen LogP contribution in [0.25, 0.3) is 0 Å². The minimum Gasteiger partial charge on any atom is -0.315 e. The first-order valence-electron chi connectivity index (χ1n) is 5.61. The molecule has 2 bridgehead atoms. The van der Waals surface area contributed by atoms with E-state index in [0.29, 0.717) is 6.54 Å². The van der Waals surface area contributed by atoms with Gasteiger partial charge in [-0.25, -0.2) is 8.42 Å². The van der Waals surface area contributed by atoms with Crippen molar-refractivity contribution in [3.8, 4) is 0 Å². The topological polar surface area (TPSA) is 46.2 Å². The fraction of sp³-hybridized carbons (Fsp3) is 0.818. The highest BCUT2D eigenvalue weighted by atomic mass is 32.2. The Kier molecular flexibility index (Phi) is 3.16. The summed E-state index contributed by atoms with van der Waals surface area (Å²) in [6.45, 7) is 1.57. The molecule has 3 unspecified atom stereocenters. The van der Waals surface area contributed by atoms with E-state index in [9.17, 15) is 8.42 Å². The van der Waals surface area contributed by atoms with Gasteiger partial charge in [0.2, 0.25) is 0 Å². The van der Waals surface area contributed by atoms with Gasteiger partial charge in [0.15, 0.2) is 0 Å². The molecule has 0 heterocycles. The van der Waals surface area contributed by atoms with Crippen molar-refractivity contribution in [2.45, 2.75) is 12.8 Å². The third-order valence-corrected chi connectivity index (χ3v) is 4.42. The summed E-state index contributed by atoms with van der Waals surface area (Å²) in [5.41, 5.74) is 0. The monoisotopic (exact) mass is 229 g/mol. The zero-order valence-electron chi connectivity index (χ0n) is 9.15. The van der Waals surface area contributed by atoms with Crippen molar-refractivity contribution >= 4 is 9.84 Å². The van der Waals surface area contributed by atoms with Crippen molar-refractivity contribution in [2.24, 2.45) is 17.8 Å². The molecular weight excluding hydrogens is 210 g/mol. The summed E-state index contributed by atoms with van der Waals surface area (Å²) < 4.78 is 21.8. The summed E-state index contributed by atoms with van der Waals surface area (Å²) >= 11 is 0. The molecule has 1 saturated carbocycles. The van der Waals surface area contributed by atoms with Crippen molar-refractivity contribution in [2.75, 3.05) is 25.1 Å². The van der Waals surface area contributed by atoms with E-state index in [1.807, 2.05) is 0 Å². The molecule has 2 aliphatic carbocycles. The van der Waals surface area contributed by atoms with Crippen molar-refractivity contribution in [1.29, 1.82) is 0 Å². The van der Waals surface area contributed by atoms with Gasteiger partial charge in [-0.15, -0.1) is 0 Å². The van der Waals surface area contributed by atoms with Crippen LogP contribution in [-0.2, 0) is 9.84 Å². The van der Waals surface area contributed by atoms with Gasteiger partial charge in [-0.2, -0.15) is 0 Å². The molecule has 2 aliphatic rings. The van der Waals surface area contributed by atoms with Crippen LogP contribution >= 0.6 is 0 Å². The molecule has 0 aromatic rings. The van der Waals surface area contributed by atoms with Gasteiger partial charge in [0, 0.05) is 12.8 Å². The van der Waals surface area contributed by atoms with E-state index in [4.69, 9.17) is 0 Å². The largest absolute Gasteiger partial charge is 0.315 e. The molecule has 0 aromatic heterocycles. The summed E-state index contributed by atoms with van der Waals surface area (Å²) in [4.78, 5) is 0. The van der Waals surface area contributed by atoms with E-state index >= 15 is 0 Å². The second-order valence-electron chi connectivity index (χ2n) is 4.87. The van der Waals surface area contributed by atoms with Gasteiger partial charge in [-0.05, 0) is 37.1 Å². The van der Waals surface area contributed by atoms with Gasteiger partial charge in [-0.3, -0.25) is 0 Å². The van der Waals surface area contributed by atoms with E-state index in [2.05, 4.69) is 17.5 Å². The average Bonchev–Trinajstić information content (AvgIpc) is 2.71. The van der Waals surface area contributed by atoms with Gasteiger partial charge in [0.25, 0.3) is 0 Å². The number of nitrogens with one attached hydrogen (secondary N) is 1. The first-order chi connectivity index (χ1) is 7.04. The predicted molar refractivity (Wildman–Crippen MR) is 61.4 cm³/mol. The van der Waals surface area contributed by atoms with Crippen LogP contribution in [0, 0.1) is 17.8 Å². The molecule has 0 spiro atoms. The molecule has 0 saturated heterocycles. The molecule has 0 aromatic carbocycles. The summed E-state index contributed by atoms with van der Waals surface area (Å²) in [5, 5.41) is 3.26. The molecule has 1 fully saturated rings. The smallest absolute Gasteiger partial charge is 0.148 e. The second-order valence-corrected chi connectivity index (χ2v) is 7.13. The zero-order chi connectivity index (χ0) is 10.9. The highest BCUT2D eigenvalue weighted by molar-refractivity contribution is 7.90. The van der Waals surface area contributed by atoms with Crippen LogP contribution in [0.2, 0.25) is 0 Å². The highest BCUT2D eigenvalue weighted by Gasteiger charge is 2.34. The lowest BCUT2D eigenvalue weighted by molar-refractivity contribution is 0.420. The quantitative estimate of drug-likeness (QED) is 0.561. The van der Waals surface area contributed by atoms with Crippen LogP contribution in [0.1, 0.15) is 12.8 Å². The maximum absolute atomic E-state index is 10.9. The molecule has 0 radical (unpaired) electrons. The van der Waals surface area contributed by atoms with Crippen LogP contribution < -0.4 is 5.32 Å². The number of rotatable bonds is 5. The first-order valence-corrected chi connectivity index (χ1v) is 7.67. The summed E-state index contributed by atoms with van der Waals surface area (Å²) in [6.07, 6.45) is 8.55. The van der Waals surface area contributed by atoms with E-state index in [1.54, 1.807) is 0 Å². The molecule has 4 heteroatoms. The van der Waals surface area contributed by atoms with E-state index in [0.717, 1.165) is 24.3 Å². The van der Waals surface area contributed by atoms with Gasteiger partial charge < -0.3 is 5.32 Å². The fourth-order valence-corrected chi connectivity index (χ4v) is 3.19. The minimum atomic E-state index is -2.81.